The quantitative estimate of drug-likeness (QED) is 0.380. The number of ether oxygens (including phenoxy) is 2. The Morgan fingerprint density at radius 2 is 2.08 bits per heavy atom. The smallest absolute Gasteiger partial charge is 0.213 e. The zero-order chi connectivity index (χ0) is 18.5. The molecule has 0 unspecified atom stereocenters. The van der Waals surface area contributed by atoms with Crippen LogP contribution in [0, 0.1) is 0 Å². The average molecular weight is 363 g/mol. The molecule has 0 saturated heterocycles. The highest BCUT2D eigenvalue weighted by molar-refractivity contribution is 5.79. The number of nitrogens with one attached hydrogen (secondary N) is 2. The fourth-order valence-corrected chi connectivity index (χ4v) is 3.00. The van der Waals surface area contributed by atoms with E-state index in [1.807, 2.05) is 25.3 Å². The van der Waals surface area contributed by atoms with Crippen LogP contribution in [0.3, 0.4) is 0 Å². The number of rotatable bonds is 10. The van der Waals surface area contributed by atoms with Gasteiger partial charge in [0.25, 0.3) is 0 Å². The second-order valence-corrected chi connectivity index (χ2v) is 6.55. The summed E-state index contributed by atoms with van der Waals surface area (Å²) in [7, 11) is 0. The minimum Gasteiger partial charge on any atom is -0.474 e. The van der Waals surface area contributed by atoms with E-state index in [1.165, 1.54) is 19.3 Å². The van der Waals surface area contributed by atoms with Gasteiger partial charge < -0.3 is 20.1 Å². The van der Waals surface area contributed by atoms with Crippen molar-refractivity contribution in [2.45, 2.75) is 65.0 Å². The summed E-state index contributed by atoms with van der Waals surface area (Å²) in [6, 6.07) is 4.01. The van der Waals surface area contributed by atoms with Crippen LogP contribution in [0.4, 0.5) is 0 Å². The monoisotopic (exact) mass is 362 g/mol. The van der Waals surface area contributed by atoms with Crippen molar-refractivity contribution < 1.29 is 9.47 Å². The summed E-state index contributed by atoms with van der Waals surface area (Å²) in [5.41, 5.74) is 1.11. The van der Waals surface area contributed by atoms with Crippen molar-refractivity contribution in [3.63, 3.8) is 0 Å². The molecule has 26 heavy (non-hydrogen) atoms. The Balaban J connectivity index is 1.83. The van der Waals surface area contributed by atoms with E-state index >= 15 is 0 Å². The normalized spacial score (nSPS) is 15.7. The lowest BCUT2D eigenvalue weighted by atomic mass is 9.98. The Morgan fingerprint density at radius 1 is 1.23 bits per heavy atom. The van der Waals surface area contributed by atoms with Crippen molar-refractivity contribution in [2.24, 2.45) is 4.99 Å². The molecule has 0 aliphatic heterocycles. The van der Waals surface area contributed by atoms with E-state index in [9.17, 15) is 0 Å². The van der Waals surface area contributed by atoms with Gasteiger partial charge in [0.2, 0.25) is 5.88 Å². The van der Waals surface area contributed by atoms with Gasteiger partial charge in [0.15, 0.2) is 5.96 Å². The van der Waals surface area contributed by atoms with Gasteiger partial charge in [-0.15, -0.1) is 0 Å². The summed E-state index contributed by atoms with van der Waals surface area (Å²) in [5, 5.41) is 6.62. The van der Waals surface area contributed by atoms with Crippen molar-refractivity contribution >= 4 is 5.96 Å². The molecule has 6 nitrogen and oxygen atoms in total. The highest BCUT2D eigenvalue weighted by Crippen LogP contribution is 2.22. The first-order valence-electron chi connectivity index (χ1n) is 10.0. The van der Waals surface area contributed by atoms with E-state index in [1.54, 1.807) is 0 Å². The lowest BCUT2D eigenvalue weighted by molar-refractivity contribution is 0.145. The molecule has 0 radical (unpaired) electrons. The molecule has 2 N–H and O–H groups in total. The van der Waals surface area contributed by atoms with Crippen molar-refractivity contribution in [1.29, 1.82) is 0 Å². The second kappa shape index (κ2) is 12.5. The summed E-state index contributed by atoms with van der Waals surface area (Å²) >= 11 is 0. The summed E-state index contributed by atoms with van der Waals surface area (Å²) in [6.45, 7) is 7.91. The molecule has 146 valence electrons. The standard InChI is InChI=1S/C20H34N4O2/c1-3-21-20(23-12-8-14-25-4-2)24-16-17-11-13-22-19(15-17)26-18-9-6-5-7-10-18/h11,13,15,18H,3-10,12,14,16H2,1-2H3,(H2,21,23,24). The van der Waals surface area contributed by atoms with Gasteiger partial charge in [-0.25, -0.2) is 9.98 Å². The van der Waals surface area contributed by atoms with Crippen molar-refractivity contribution in [3.8, 4) is 5.88 Å². The van der Waals surface area contributed by atoms with Crippen LogP contribution in [0.5, 0.6) is 5.88 Å². The number of guanidine groups is 1. The van der Waals surface area contributed by atoms with Crippen molar-refractivity contribution in [3.05, 3.63) is 23.9 Å². The summed E-state index contributed by atoms with van der Waals surface area (Å²) < 4.78 is 11.4. The number of hydrogen-bond donors (Lipinski definition) is 2. The Hall–Kier alpha value is -1.82. The molecule has 1 aliphatic rings. The number of aliphatic imine (C=N–C) groups is 1. The lowest BCUT2D eigenvalue weighted by Gasteiger charge is -2.22. The highest BCUT2D eigenvalue weighted by Gasteiger charge is 2.15. The van der Waals surface area contributed by atoms with Crippen LogP contribution >= 0.6 is 0 Å². The largest absolute Gasteiger partial charge is 0.474 e. The first-order chi connectivity index (χ1) is 12.8. The van der Waals surface area contributed by atoms with Crippen molar-refractivity contribution in [2.75, 3.05) is 26.3 Å². The van der Waals surface area contributed by atoms with Gasteiger partial charge in [0.05, 0.1) is 6.54 Å². The van der Waals surface area contributed by atoms with Crippen LogP contribution in [0.2, 0.25) is 0 Å². The summed E-state index contributed by atoms with van der Waals surface area (Å²) in [5.74, 6) is 1.55. The highest BCUT2D eigenvalue weighted by atomic mass is 16.5. The Labute approximate surface area is 157 Å². The second-order valence-electron chi connectivity index (χ2n) is 6.55. The molecule has 0 aromatic carbocycles. The van der Waals surface area contributed by atoms with Crippen LogP contribution in [0.15, 0.2) is 23.3 Å². The number of hydrogen-bond acceptors (Lipinski definition) is 4. The maximum atomic E-state index is 6.05. The average Bonchev–Trinajstić information content (AvgIpc) is 2.67. The van der Waals surface area contributed by atoms with Gasteiger partial charge >= 0.3 is 0 Å². The molecule has 0 bridgehead atoms. The molecular weight excluding hydrogens is 328 g/mol. The third-order valence-electron chi connectivity index (χ3n) is 4.36. The van der Waals surface area contributed by atoms with E-state index in [2.05, 4.69) is 27.5 Å². The number of pyridine rings is 1. The summed E-state index contributed by atoms with van der Waals surface area (Å²) in [4.78, 5) is 9.02. The van der Waals surface area contributed by atoms with Crippen LogP contribution in [-0.4, -0.2) is 43.4 Å². The molecule has 0 spiro atoms. The van der Waals surface area contributed by atoms with Crippen LogP contribution in [0.1, 0.15) is 57.9 Å². The predicted octanol–water partition coefficient (Wildman–Crippen LogP) is 3.27. The minimum absolute atomic E-state index is 0.319. The fraction of sp³-hybridized carbons (Fsp3) is 0.700. The Bertz CT molecular complexity index is 530. The minimum atomic E-state index is 0.319. The molecule has 6 heteroatoms. The molecule has 1 saturated carbocycles. The molecule has 2 rings (SSSR count). The van der Waals surface area contributed by atoms with Crippen LogP contribution in [-0.2, 0) is 11.3 Å². The first-order valence-corrected chi connectivity index (χ1v) is 10.0. The van der Waals surface area contributed by atoms with E-state index in [0.717, 1.165) is 63.0 Å². The SMILES string of the molecule is CCNC(=NCc1ccnc(OC2CCCCC2)c1)NCCCOCC. The number of nitrogens with zero attached hydrogens (tertiary/aromatic N) is 2. The maximum absolute atomic E-state index is 6.05. The third-order valence-corrected chi connectivity index (χ3v) is 4.36. The fourth-order valence-electron chi connectivity index (χ4n) is 3.00. The van der Waals surface area contributed by atoms with Gasteiger partial charge in [0, 0.05) is 38.6 Å². The molecule has 1 aliphatic carbocycles. The van der Waals surface area contributed by atoms with Gasteiger partial charge in [-0.1, -0.05) is 6.42 Å². The van der Waals surface area contributed by atoms with Gasteiger partial charge in [-0.2, -0.15) is 0 Å². The van der Waals surface area contributed by atoms with E-state index in [4.69, 9.17) is 9.47 Å². The molecule has 0 atom stereocenters. The zero-order valence-corrected chi connectivity index (χ0v) is 16.3. The molecule has 1 heterocycles. The third kappa shape index (κ3) is 8.04. The first kappa shape index (κ1) is 20.5. The molecule has 1 fully saturated rings. The van der Waals surface area contributed by atoms with Crippen molar-refractivity contribution in [1.82, 2.24) is 15.6 Å². The van der Waals surface area contributed by atoms with Crippen LogP contribution < -0.4 is 15.4 Å². The zero-order valence-electron chi connectivity index (χ0n) is 16.3. The Morgan fingerprint density at radius 3 is 2.85 bits per heavy atom. The van der Waals surface area contributed by atoms with Crippen LogP contribution in [0.25, 0.3) is 0 Å². The predicted molar refractivity (Wildman–Crippen MR) is 106 cm³/mol. The summed E-state index contributed by atoms with van der Waals surface area (Å²) in [6.07, 6.45) is 9.22. The van der Waals surface area contributed by atoms with E-state index < -0.39 is 0 Å². The van der Waals surface area contributed by atoms with Gasteiger partial charge in [-0.3, -0.25) is 0 Å². The molecular formula is C20H34N4O2. The molecule has 1 aromatic heterocycles. The van der Waals surface area contributed by atoms with E-state index in [0.29, 0.717) is 12.6 Å². The van der Waals surface area contributed by atoms with E-state index in [-0.39, 0.29) is 0 Å². The topological polar surface area (TPSA) is 67.8 Å². The number of aromatic nitrogens is 1. The van der Waals surface area contributed by atoms with Gasteiger partial charge in [0.1, 0.15) is 6.10 Å². The van der Waals surface area contributed by atoms with Gasteiger partial charge in [-0.05, 0) is 57.6 Å². The molecule has 1 aromatic rings. The maximum Gasteiger partial charge on any atom is 0.213 e. The Kier molecular flexibility index (Phi) is 9.87. The molecule has 0 amide bonds. The lowest BCUT2D eigenvalue weighted by Crippen LogP contribution is -2.38.